The van der Waals surface area contributed by atoms with Crippen LogP contribution in [-0.4, -0.2) is 34.1 Å². The van der Waals surface area contributed by atoms with Crippen molar-refractivity contribution in [2.24, 2.45) is 16.3 Å². The number of hydrogen-bond acceptors (Lipinski definition) is 5. The van der Waals surface area contributed by atoms with Gasteiger partial charge in [0, 0.05) is 19.3 Å². The minimum absolute atomic E-state index is 0.0500. The number of aromatic nitrogens is 2. The van der Waals surface area contributed by atoms with E-state index >= 15 is 0 Å². The summed E-state index contributed by atoms with van der Waals surface area (Å²) in [5.74, 6) is 0.794. The van der Waals surface area contributed by atoms with Gasteiger partial charge in [0.05, 0.1) is 5.56 Å². The Balaban J connectivity index is 2.33. The lowest BCUT2D eigenvalue weighted by atomic mass is 9.84. The Morgan fingerprint density at radius 2 is 2.33 bits per heavy atom. The molecule has 1 aromatic rings. The van der Waals surface area contributed by atoms with E-state index in [0.29, 0.717) is 5.56 Å². The van der Waals surface area contributed by atoms with Gasteiger partial charge in [-0.3, -0.25) is 0 Å². The molecule has 0 aliphatic carbocycles. The predicted molar refractivity (Wildman–Crippen MR) is 69.8 cm³/mol. The topological polar surface area (TPSA) is 87.6 Å². The van der Waals surface area contributed by atoms with Crippen molar-refractivity contribution in [2.45, 2.75) is 26.7 Å². The molecule has 0 atom stereocenters. The molecule has 6 nitrogen and oxygen atoms in total. The van der Waals surface area contributed by atoms with E-state index in [4.69, 9.17) is 10.9 Å². The summed E-state index contributed by atoms with van der Waals surface area (Å²) in [4.78, 5) is 10.4. The first-order chi connectivity index (χ1) is 8.53. The van der Waals surface area contributed by atoms with E-state index in [9.17, 15) is 0 Å². The first-order valence-corrected chi connectivity index (χ1v) is 6.06. The zero-order chi connectivity index (χ0) is 13.2. The Kier molecular flexibility index (Phi) is 3.36. The Morgan fingerprint density at radius 3 is 3.00 bits per heavy atom. The van der Waals surface area contributed by atoms with Gasteiger partial charge in [0.25, 0.3) is 0 Å². The highest BCUT2D eigenvalue weighted by Gasteiger charge is 2.28. The summed E-state index contributed by atoms with van der Waals surface area (Å²) in [5.41, 5.74) is 6.50. The number of anilines is 1. The second-order valence-electron chi connectivity index (χ2n) is 5.43. The van der Waals surface area contributed by atoms with Crippen molar-refractivity contribution in [3.63, 3.8) is 0 Å². The van der Waals surface area contributed by atoms with Crippen molar-refractivity contribution in [1.29, 1.82) is 0 Å². The number of amidine groups is 1. The molecule has 1 aliphatic rings. The van der Waals surface area contributed by atoms with E-state index < -0.39 is 0 Å². The van der Waals surface area contributed by atoms with Gasteiger partial charge in [0.2, 0.25) is 0 Å². The maximum atomic E-state index is 8.80. The fraction of sp³-hybridized carbons (Fsp3) is 0.583. The largest absolute Gasteiger partial charge is 0.409 e. The molecular weight excluding hydrogens is 230 g/mol. The molecule has 18 heavy (non-hydrogen) atoms. The molecule has 0 amide bonds. The molecule has 1 aromatic heterocycles. The maximum absolute atomic E-state index is 8.80. The van der Waals surface area contributed by atoms with Crippen molar-refractivity contribution in [3.8, 4) is 0 Å². The van der Waals surface area contributed by atoms with Gasteiger partial charge < -0.3 is 15.8 Å². The molecule has 0 unspecified atom stereocenters. The number of hydrogen-bond donors (Lipinski definition) is 2. The molecule has 0 bridgehead atoms. The summed E-state index contributed by atoms with van der Waals surface area (Å²) in [6, 6.07) is 0. The second kappa shape index (κ2) is 4.80. The zero-order valence-electron chi connectivity index (χ0n) is 10.8. The lowest BCUT2D eigenvalue weighted by Gasteiger charge is -2.39. The van der Waals surface area contributed by atoms with E-state index in [1.165, 1.54) is 12.7 Å². The Labute approximate surface area is 107 Å². The van der Waals surface area contributed by atoms with Gasteiger partial charge >= 0.3 is 0 Å². The molecule has 2 heterocycles. The van der Waals surface area contributed by atoms with Crippen LogP contribution in [0.1, 0.15) is 32.3 Å². The van der Waals surface area contributed by atoms with Crippen molar-refractivity contribution >= 4 is 11.7 Å². The van der Waals surface area contributed by atoms with Crippen LogP contribution in [0.2, 0.25) is 0 Å². The minimum Gasteiger partial charge on any atom is -0.409 e. The molecule has 2 rings (SSSR count). The number of piperidine rings is 1. The SMILES string of the molecule is CC1(C)CCCN(c2ncncc2C(N)=NO)C1. The van der Waals surface area contributed by atoms with Gasteiger partial charge in [-0.05, 0) is 18.3 Å². The molecule has 1 saturated heterocycles. The van der Waals surface area contributed by atoms with Crippen molar-refractivity contribution in [1.82, 2.24) is 9.97 Å². The molecule has 0 saturated carbocycles. The van der Waals surface area contributed by atoms with Crippen molar-refractivity contribution in [3.05, 3.63) is 18.1 Å². The van der Waals surface area contributed by atoms with Gasteiger partial charge in [0.1, 0.15) is 12.1 Å². The minimum atomic E-state index is 0.0500. The maximum Gasteiger partial charge on any atom is 0.175 e. The predicted octanol–water partition coefficient (Wildman–Crippen LogP) is 1.20. The van der Waals surface area contributed by atoms with Gasteiger partial charge in [-0.1, -0.05) is 19.0 Å². The summed E-state index contributed by atoms with van der Waals surface area (Å²) >= 11 is 0. The Hall–Kier alpha value is -1.85. The second-order valence-corrected chi connectivity index (χ2v) is 5.43. The van der Waals surface area contributed by atoms with Crippen LogP contribution in [0.4, 0.5) is 5.82 Å². The van der Waals surface area contributed by atoms with Gasteiger partial charge in [-0.15, -0.1) is 0 Å². The Morgan fingerprint density at radius 1 is 1.56 bits per heavy atom. The van der Waals surface area contributed by atoms with Crippen LogP contribution in [0.25, 0.3) is 0 Å². The Bertz CT molecular complexity index is 458. The molecular formula is C12H19N5O. The first kappa shape index (κ1) is 12.6. The third-order valence-electron chi connectivity index (χ3n) is 3.27. The van der Waals surface area contributed by atoms with Crippen LogP contribution in [0.3, 0.4) is 0 Å². The molecule has 0 radical (unpaired) electrons. The molecule has 3 N–H and O–H groups in total. The van der Waals surface area contributed by atoms with Gasteiger partial charge in [-0.25, -0.2) is 9.97 Å². The number of nitrogens with zero attached hydrogens (tertiary/aromatic N) is 4. The summed E-state index contributed by atoms with van der Waals surface area (Å²) in [7, 11) is 0. The normalized spacial score (nSPS) is 19.9. The van der Waals surface area contributed by atoms with Crippen LogP contribution in [0.15, 0.2) is 17.7 Å². The molecule has 98 valence electrons. The van der Waals surface area contributed by atoms with Crippen molar-refractivity contribution < 1.29 is 5.21 Å². The lowest BCUT2D eigenvalue weighted by Crippen LogP contribution is -2.41. The first-order valence-electron chi connectivity index (χ1n) is 6.06. The highest BCUT2D eigenvalue weighted by atomic mass is 16.4. The third-order valence-corrected chi connectivity index (χ3v) is 3.27. The zero-order valence-corrected chi connectivity index (χ0v) is 10.8. The van der Waals surface area contributed by atoms with Crippen LogP contribution in [0, 0.1) is 5.41 Å². The average Bonchev–Trinajstić information content (AvgIpc) is 2.36. The highest BCUT2D eigenvalue weighted by molar-refractivity contribution is 6.01. The third kappa shape index (κ3) is 2.52. The number of rotatable bonds is 2. The summed E-state index contributed by atoms with van der Waals surface area (Å²) in [6.45, 7) is 6.33. The molecule has 1 aliphatic heterocycles. The summed E-state index contributed by atoms with van der Waals surface area (Å²) in [6.07, 6.45) is 5.39. The molecule has 6 heteroatoms. The summed E-state index contributed by atoms with van der Waals surface area (Å²) in [5, 5.41) is 11.8. The van der Waals surface area contributed by atoms with Gasteiger partial charge in [0.15, 0.2) is 5.84 Å². The van der Waals surface area contributed by atoms with Crippen LogP contribution in [0.5, 0.6) is 0 Å². The lowest BCUT2D eigenvalue weighted by molar-refractivity contribution is 0.292. The molecule has 0 aromatic carbocycles. The molecule has 1 fully saturated rings. The van der Waals surface area contributed by atoms with Crippen LogP contribution >= 0.6 is 0 Å². The fourth-order valence-electron chi connectivity index (χ4n) is 2.41. The van der Waals surface area contributed by atoms with Crippen LogP contribution in [-0.2, 0) is 0 Å². The molecule has 0 spiro atoms. The van der Waals surface area contributed by atoms with E-state index in [1.54, 1.807) is 6.20 Å². The van der Waals surface area contributed by atoms with E-state index in [-0.39, 0.29) is 11.3 Å². The average molecular weight is 249 g/mol. The standard InChI is InChI=1S/C12H19N5O/c1-12(2)4-3-5-17(7-12)11-9(10(13)16-18)6-14-8-15-11/h6,8,18H,3-5,7H2,1-2H3,(H2,13,16). The highest BCUT2D eigenvalue weighted by Crippen LogP contribution is 2.31. The summed E-state index contributed by atoms with van der Waals surface area (Å²) < 4.78 is 0. The smallest absolute Gasteiger partial charge is 0.175 e. The number of nitrogens with two attached hydrogens (primary N) is 1. The van der Waals surface area contributed by atoms with Crippen molar-refractivity contribution in [2.75, 3.05) is 18.0 Å². The van der Waals surface area contributed by atoms with Gasteiger partial charge in [-0.2, -0.15) is 0 Å². The monoisotopic (exact) mass is 249 g/mol. The van der Waals surface area contributed by atoms with Crippen LogP contribution < -0.4 is 10.6 Å². The fourth-order valence-corrected chi connectivity index (χ4v) is 2.41. The van der Waals surface area contributed by atoms with E-state index in [0.717, 1.165) is 25.3 Å². The van der Waals surface area contributed by atoms with E-state index in [2.05, 4.69) is 33.9 Å². The quantitative estimate of drug-likeness (QED) is 0.356. The van der Waals surface area contributed by atoms with E-state index in [1.807, 2.05) is 0 Å². The number of oxime groups is 1.